The number of hydrogen-bond acceptors (Lipinski definition) is 2. The van der Waals surface area contributed by atoms with Gasteiger partial charge in [0.1, 0.15) is 6.04 Å². The van der Waals surface area contributed by atoms with E-state index in [0.29, 0.717) is 24.9 Å². The second-order valence-electron chi connectivity index (χ2n) is 8.50. The Bertz CT molecular complexity index is 959. The monoisotopic (exact) mass is 460 g/mol. The van der Waals surface area contributed by atoms with E-state index < -0.39 is 23.7 Å². The number of para-hydroxylation sites is 2. The van der Waals surface area contributed by atoms with E-state index >= 15 is 0 Å². The largest absolute Gasteiger partial charge is 0.418 e. The van der Waals surface area contributed by atoms with Crippen LogP contribution in [-0.4, -0.2) is 17.9 Å². The minimum absolute atomic E-state index is 0.165. The summed E-state index contributed by atoms with van der Waals surface area (Å²) in [6.07, 6.45) is 2.86. The molecule has 178 valence electrons. The highest BCUT2D eigenvalue weighted by atomic mass is 19.4. The molecule has 0 saturated carbocycles. The van der Waals surface area contributed by atoms with Crippen LogP contribution in [0.1, 0.15) is 69.4 Å². The van der Waals surface area contributed by atoms with Crippen molar-refractivity contribution in [2.45, 2.75) is 76.9 Å². The zero-order valence-corrected chi connectivity index (χ0v) is 19.0. The first-order chi connectivity index (χ1) is 15.8. The summed E-state index contributed by atoms with van der Waals surface area (Å²) >= 11 is 0. The molecule has 2 aromatic rings. The van der Waals surface area contributed by atoms with Gasteiger partial charge in [0, 0.05) is 12.1 Å². The summed E-state index contributed by atoms with van der Waals surface area (Å²) in [7, 11) is 0. The molecule has 3 rings (SSSR count). The molecule has 2 amide bonds. The summed E-state index contributed by atoms with van der Waals surface area (Å²) < 4.78 is 40.1. The molecule has 0 spiro atoms. The Kier molecular flexibility index (Phi) is 8.53. The van der Waals surface area contributed by atoms with E-state index in [1.807, 2.05) is 18.2 Å². The molecule has 0 aromatic heterocycles. The second-order valence-corrected chi connectivity index (χ2v) is 8.50. The van der Waals surface area contributed by atoms with Gasteiger partial charge in [-0.25, -0.2) is 0 Å². The minimum atomic E-state index is -4.59. The zero-order valence-electron chi connectivity index (χ0n) is 19.0. The standard InChI is InChI=1S/C26H31F3N2O2/c1-2-3-4-5-6-7-16-24(32)31-22-15-11-8-12-19(22)17-18-23(31)25(33)30-21-14-10-9-13-20(21)26(27,28)29/h8-15,23H,2-7,16-18H2,1H3,(H,30,33). The van der Waals surface area contributed by atoms with Crippen molar-refractivity contribution in [3.8, 4) is 0 Å². The summed E-state index contributed by atoms with van der Waals surface area (Å²) in [6, 6.07) is 11.5. The van der Waals surface area contributed by atoms with Crippen molar-refractivity contribution in [3.63, 3.8) is 0 Å². The number of halogens is 3. The number of aryl methyl sites for hydroxylation is 1. The van der Waals surface area contributed by atoms with Crippen LogP contribution in [0, 0.1) is 0 Å². The van der Waals surface area contributed by atoms with Gasteiger partial charge in [0.15, 0.2) is 0 Å². The molecule has 0 fully saturated rings. The van der Waals surface area contributed by atoms with Crippen LogP contribution in [0.4, 0.5) is 24.5 Å². The van der Waals surface area contributed by atoms with Crippen molar-refractivity contribution < 1.29 is 22.8 Å². The number of hydrogen-bond donors (Lipinski definition) is 1. The van der Waals surface area contributed by atoms with Crippen LogP contribution in [0.15, 0.2) is 48.5 Å². The number of fused-ring (bicyclic) bond motifs is 1. The van der Waals surface area contributed by atoms with Crippen LogP contribution in [0.2, 0.25) is 0 Å². The average molecular weight is 461 g/mol. The molecule has 2 aromatic carbocycles. The molecule has 0 aliphatic carbocycles. The molecular formula is C26H31F3N2O2. The molecule has 33 heavy (non-hydrogen) atoms. The Morgan fingerprint density at radius 3 is 2.39 bits per heavy atom. The third kappa shape index (κ3) is 6.36. The topological polar surface area (TPSA) is 49.4 Å². The lowest BCUT2D eigenvalue weighted by molar-refractivity contribution is -0.137. The van der Waals surface area contributed by atoms with Gasteiger partial charge in [-0.05, 0) is 43.0 Å². The summed E-state index contributed by atoms with van der Waals surface area (Å²) in [5, 5.41) is 2.44. The van der Waals surface area contributed by atoms with Gasteiger partial charge in [-0.1, -0.05) is 69.4 Å². The van der Waals surface area contributed by atoms with Crippen molar-refractivity contribution in [2.75, 3.05) is 10.2 Å². The second kappa shape index (κ2) is 11.3. The third-order valence-electron chi connectivity index (χ3n) is 6.06. The molecule has 4 nitrogen and oxygen atoms in total. The number of nitrogens with zero attached hydrogens (tertiary/aromatic N) is 1. The molecule has 1 aliphatic heterocycles. The zero-order chi connectivity index (χ0) is 23.8. The molecule has 0 bridgehead atoms. The molecule has 1 N–H and O–H groups in total. The lowest BCUT2D eigenvalue weighted by atomic mass is 9.94. The summed E-state index contributed by atoms with van der Waals surface area (Å²) in [5.41, 5.74) is 0.439. The normalized spacial score (nSPS) is 15.8. The van der Waals surface area contributed by atoms with Gasteiger partial charge < -0.3 is 5.32 Å². The first-order valence-corrected chi connectivity index (χ1v) is 11.7. The van der Waals surface area contributed by atoms with Gasteiger partial charge >= 0.3 is 6.18 Å². The SMILES string of the molecule is CCCCCCCCC(=O)N1c2ccccc2CCC1C(=O)Nc1ccccc1C(F)(F)F. The third-order valence-corrected chi connectivity index (χ3v) is 6.06. The lowest BCUT2D eigenvalue weighted by Gasteiger charge is -2.36. The molecule has 1 aliphatic rings. The van der Waals surface area contributed by atoms with Crippen LogP contribution >= 0.6 is 0 Å². The average Bonchev–Trinajstić information content (AvgIpc) is 2.80. The van der Waals surface area contributed by atoms with E-state index in [1.54, 1.807) is 6.07 Å². The maximum Gasteiger partial charge on any atom is 0.418 e. The van der Waals surface area contributed by atoms with Crippen LogP contribution in [0.3, 0.4) is 0 Å². The quantitative estimate of drug-likeness (QED) is 0.421. The fourth-order valence-electron chi connectivity index (χ4n) is 4.34. The first kappa shape index (κ1) is 24.8. The number of carbonyl (C=O) groups is 2. The van der Waals surface area contributed by atoms with Crippen molar-refractivity contribution in [1.82, 2.24) is 0 Å². The number of rotatable bonds is 9. The molecule has 7 heteroatoms. The number of benzene rings is 2. The lowest BCUT2D eigenvalue weighted by Crippen LogP contribution is -2.50. The van der Waals surface area contributed by atoms with Gasteiger partial charge in [-0.2, -0.15) is 13.2 Å². The highest BCUT2D eigenvalue weighted by Crippen LogP contribution is 2.36. The smallest absolute Gasteiger partial charge is 0.324 e. The van der Waals surface area contributed by atoms with Crippen LogP contribution in [0.5, 0.6) is 0 Å². The number of nitrogens with one attached hydrogen (secondary N) is 1. The van der Waals surface area contributed by atoms with Gasteiger partial charge in [-0.15, -0.1) is 0 Å². The first-order valence-electron chi connectivity index (χ1n) is 11.7. The van der Waals surface area contributed by atoms with E-state index in [1.165, 1.54) is 29.5 Å². The van der Waals surface area contributed by atoms with Crippen LogP contribution in [0.25, 0.3) is 0 Å². The van der Waals surface area contributed by atoms with E-state index in [4.69, 9.17) is 0 Å². The Hall–Kier alpha value is -2.83. The van der Waals surface area contributed by atoms with E-state index in [2.05, 4.69) is 12.2 Å². The molecular weight excluding hydrogens is 429 g/mol. The highest BCUT2D eigenvalue weighted by molar-refractivity contribution is 6.06. The Morgan fingerprint density at radius 2 is 1.64 bits per heavy atom. The Morgan fingerprint density at radius 1 is 0.970 bits per heavy atom. The molecule has 0 saturated heterocycles. The molecule has 1 heterocycles. The Labute approximate surface area is 193 Å². The minimum Gasteiger partial charge on any atom is -0.324 e. The van der Waals surface area contributed by atoms with Crippen molar-refractivity contribution >= 4 is 23.2 Å². The Balaban J connectivity index is 1.77. The van der Waals surface area contributed by atoms with E-state index in [9.17, 15) is 22.8 Å². The summed E-state index contributed by atoms with van der Waals surface area (Å²) in [4.78, 5) is 27.9. The fourth-order valence-corrected chi connectivity index (χ4v) is 4.34. The predicted octanol–water partition coefficient (Wildman–Crippen LogP) is 6.74. The van der Waals surface area contributed by atoms with Gasteiger partial charge in [-0.3, -0.25) is 14.5 Å². The van der Waals surface area contributed by atoms with Crippen LogP contribution < -0.4 is 10.2 Å². The summed E-state index contributed by atoms with van der Waals surface area (Å²) in [6.45, 7) is 2.15. The number of alkyl halides is 3. The number of anilines is 2. The van der Waals surface area contributed by atoms with Crippen molar-refractivity contribution in [3.05, 3.63) is 59.7 Å². The van der Waals surface area contributed by atoms with Crippen molar-refractivity contribution in [2.24, 2.45) is 0 Å². The number of unbranched alkanes of at least 4 members (excludes halogenated alkanes) is 5. The summed E-state index contributed by atoms with van der Waals surface area (Å²) in [5.74, 6) is -0.764. The molecule has 1 unspecified atom stereocenters. The molecule has 0 radical (unpaired) electrons. The maximum absolute atomic E-state index is 13.4. The van der Waals surface area contributed by atoms with Crippen LogP contribution in [-0.2, 0) is 22.2 Å². The fraction of sp³-hybridized carbons (Fsp3) is 0.462. The number of carbonyl (C=O) groups excluding carboxylic acids is 2. The highest BCUT2D eigenvalue weighted by Gasteiger charge is 2.37. The van der Waals surface area contributed by atoms with Gasteiger partial charge in [0.05, 0.1) is 11.3 Å². The number of amides is 2. The van der Waals surface area contributed by atoms with E-state index in [0.717, 1.165) is 43.7 Å². The van der Waals surface area contributed by atoms with Gasteiger partial charge in [0.2, 0.25) is 11.8 Å². The maximum atomic E-state index is 13.4. The van der Waals surface area contributed by atoms with Crippen molar-refractivity contribution in [1.29, 1.82) is 0 Å². The predicted molar refractivity (Wildman–Crippen MR) is 124 cm³/mol. The molecule has 1 atom stereocenters. The van der Waals surface area contributed by atoms with Gasteiger partial charge in [0.25, 0.3) is 0 Å². The van der Waals surface area contributed by atoms with E-state index in [-0.39, 0.29) is 11.6 Å².